The molecule has 0 unspecified atom stereocenters. The standard InChI is InChI=1S/C38H30N4O/c1-28-23-36(29-13-5-2-6-14-29)39-37(24-28)31-17-11-21-34(25-31)43-35-22-12-20-33(26-35)42-27-41(32-18-9-4-10-19-32)38(40-42)30-15-7-3-8-16-30/h2-26H,27H2,1H3. The normalized spacial score (nSPS) is 12.7. The van der Waals surface area contributed by atoms with E-state index in [0.717, 1.165) is 62.4 Å². The lowest BCUT2D eigenvalue weighted by atomic mass is 10.1. The highest BCUT2D eigenvalue weighted by atomic mass is 16.5. The van der Waals surface area contributed by atoms with Gasteiger partial charge in [-0.05, 0) is 61.0 Å². The van der Waals surface area contributed by atoms with E-state index in [1.54, 1.807) is 0 Å². The van der Waals surface area contributed by atoms with Gasteiger partial charge in [0.1, 0.15) is 18.2 Å². The second-order valence-corrected chi connectivity index (χ2v) is 10.5. The van der Waals surface area contributed by atoms with Crippen molar-refractivity contribution in [2.45, 2.75) is 6.92 Å². The number of aryl methyl sites for hydroxylation is 1. The first kappa shape index (κ1) is 26.2. The van der Waals surface area contributed by atoms with Crippen LogP contribution < -0.4 is 14.6 Å². The van der Waals surface area contributed by atoms with Gasteiger partial charge in [-0.25, -0.2) is 9.99 Å². The molecule has 0 bridgehead atoms. The third kappa shape index (κ3) is 5.74. The minimum atomic E-state index is 0.593. The molecule has 0 fully saturated rings. The molecule has 208 valence electrons. The summed E-state index contributed by atoms with van der Waals surface area (Å²) in [7, 11) is 0. The number of hydrogen-bond acceptors (Lipinski definition) is 5. The van der Waals surface area contributed by atoms with Crippen LogP contribution in [0.15, 0.2) is 157 Å². The fourth-order valence-corrected chi connectivity index (χ4v) is 5.29. The van der Waals surface area contributed by atoms with E-state index in [1.807, 2.05) is 83.9 Å². The number of amidine groups is 1. The summed E-state index contributed by atoms with van der Waals surface area (Å²) in [4.78, 5) is 7.20. The number of benzene rings is 5. The number of nitrogens with zero attached hydrogens (tertiary/aromatic N) is 4. The molecular weight excluding hydrogens is 528 g/mol. The van der Waals surface area contributed by atoms with Crippen molar-refractivity contribution < 1.29 is 4.74 Å². The average molecular weight is 559 g/mol. The maximum absolute atomic E-state index is 6.39. The first-order chi connectivity index (χ1) is 21.2. The van der Waals surface area contributed by atoms with Gasteiger partial charge in [-0.2, -0.15) is 5.10 Å². The summed E-state index contributed by atoms with van der Waals surface area (Å²) in [6.45, 7) is 2.70. The Labute approximate surface area is 252 Å². The molecule has 1 aliphatic rings. The third-order valence-corrected chi connectivity index (χ3v) is 7.37. The molecule has 0 N–H and O–H groups in total. The molecule has 0 saturated carbocycles. The number of aromatic nitrogens is 1. The highest BCUT2D eigenvalue weighted by Gasteiger charge is 2.26. The molecule has 0 radical (unpaired) electrons. The van der Waals surface area contributed by atoms with E-state index in [9.17, 15) is 0 Å². The van der Waals surface area contributed by atoms with Crippen molar-refractivity contribution in [3.8, 4) is 34.0 Å². The molecule has 1 aliphatic heterocycles. The van der Waals surface area contributed by atoms with E-state index < -0.39 is 0 Å². The van der Waals surface area contributed by atoms with Crippen LogP contribution in [0, 0.1) is 6.92 Å². The molecule has 1 aromatic heterocycles. The summed E-state index contributed by atoms with van der Waals surface area (Å²) in [6, 6.07) is 51.3. The summed E-state index contributed by atoms with van der Waals surface area (Å²) in [5.74, 6) is 2.40. The zero-order valence-corrected chi connectivity index (χ0v) is 23.8. The highest BCUT2D eigenvalue weighted by Crippen LogP contribution is 2.33. The SMILES string of the molecule is Cc1cc(-c2ccccc2)nc(-c2cccc(Oc3cccc(N4CN(c5ccccc5)C(c5ccccc5)=N4)c3)c2)c1. The maximum Gasteiger partial charge on any atom is 0.162 e. The predicted octanol–water partition coefficient (Wildman–Crippen LogP) is 9.16. The number of ether oxygens (including phenoxy) is 1. The molecule has 5 heteroatoms. The topological polar surface area (TPSA) is 41.0 Å². The molecular formula is C38H30N4O. The van der Waals surface area contributed by atoms with Crippen LogP contribution in [0.1, 0.15) is 11.1 Å². The number of hydrogen-bond donors (Lipinski definition) is 0. The molecule has 0 aliphatic carbocycles. The summed E-state index contributed by atoms with van der Waals surface area (Å²) in [5.41, 5.74) is 8.25. The summed E-state index contributed by atoms with van der Waals surface area (Å²) < 4.78 is 6.39. The number of para-hydroxylation sites is 1. The van der Waals surface area contributed by atoms with E-state index >= 15 is 0 Å². The van der Waals surface area contributed by atoms with Gasteiger partial charge >= 0.3 is 0 Å². The minimum absolute atomic E-state index is 0.593. The highest BCUT2D eigenvalue weighted by molar-refractivity contribution is 6.12. The molecule has 2 heterocycles. The van der Waals surface area contributed by atoms with Crippen LogP contribution in [0.25, 0.3) is 22.5 Å². The Morgan fingerprint density at radius 2 is 1.09 bits per heavy atom. The molecule has 6 aromatic rings. The van der Waals surface area contributed by atoms with E-state index in [1.165, 1.54) is 0 Å². The van der Waals surface area contributed by atoms with Crippen LogP contribution in [-0.4, -0.2) is 17.5 Å². The van der Waals surface area contributed by atoms with Crippen LogP contribution in [-0.2, 0) is 0 Å². The number of anilines is 2. The second kappa shape index (κ2) is 11.7. The average Bonchev–Trinajstić information content (AvgIpc) is 3.52. The van der Waals surface area contributed by atoms with Gasteiger partial charge in [-0.15, -0.1) is 0 Å². The van der Waals surface area contributed by atoms with Crippen LogP contribution in [0.5, 0.6) is 11.5 Å². The molecule has 0 amide bonds. The van der Waals surface area contributed by atoms with E-state index in [4.69, 9.17) is 14.8 Å². The van der Waals surface area contributed by atoms with E-state index in [-0.39, 0.29) is 0 Å². The molecule has 43 heavy (non-hydrogen) atoms. The summed E-state index contributed by atoms with van der Waals surface area (Å²) in [6.07, 6.45) is 0. The Kier molecular flexibility index (Phi) is 7.12. The van der Waals surface area contributed by atoms with Gasteiger partial charge in [0.15, 0.2) is 5.84 Å². The van der Waals surface area contributed by atoms with Gasteiger partial charge in [0.2, 0.25) is 0 Å². The minimum Gasteiger partial charge on any atom is -0.457 e. The Bertz CT molecular complexity index is 1890. The van der Waals surface area contributed by atoms with Crippen LogP contribution in [0.3, 0.4) is 0 Å². The Morgan fingerprint density at radius 3 is 1.81 bits per heavy atom. The van der Waals surface area contributed by atoms with Crippen molar-refractivity contribution in [2.24, 2.45) is 5.10 Å². The Morgan fingerprint density at radius 1 is 0.535 bits per heavy atom. The first-order valence-corrected chi connectivity index (χ1v) is 14.4. The van der Waals surface area contributed by atoms with Crippen molar-refractivity contribution >= 4 is 17.2 Å². The smallest absolute Gasteiger partial charge is 0.162 e. The molecule has 5 aromatic carbocycles. The van der Waals surface area contributed by atoms with Crippen molar-refractivity contribution in [3.63, 3.8) is 0 Å². The Balaban J connectivity index is 1.16. The lowest BCUT2D eigenvalue weighted by molar-refractivity contribution is 0.483. The van der Waals surface area contributed by atoms with Crippen LogP contribution >= 0.6 is 0 Å². The van der Waals surface area contributed by atoms with Gasteiger partial charge < -0.3 is 9.64 Å². The number of pyridine rings is 1. The first-order valence-electron chi connectivity index (χ1n) is 14.4. The van der Waals surface area contributed by atoms with Crippen molar-refractivity contribution in [3.05, 3.63) is 163 Å². The van der Waals surface area contributed by atoms with Gasteiger partial charge in [0.25, 0.3) is 0 Å². The molecule has 0 saturated heterocycles. The lowest BCUT2D eigenvalue weighted by Crippen LogP contribution is -2.31. The van der Waals surface area contributed by atoms with E-state index in [2.05, 4.69) is 84.6 Å². The molecule has 5 nitrogen and oxygen atoms in total. The van der Waals surface area contributed by atoms with Crippen molar-refractivity contribution in [1.29, 1.82) is 0 Å². The fourth-order valence-electron chi connectivity index (χ4n) is 5.29. The second-order valence-electron chi connectivity index (χ2n) is 10.5. The largest absolute Gasteiger partial charge is 0.457 e. The van der Waals surface area contributed by atoms with Crippen molar-refractivity contribution in [1.82, 2.24) is 4.98 Å². The van der Waals surface area contributed by atoms with E-state index in [0.29, 0.717) is 6.67 Å². The van der Waals surface area contributed by atoms with Gasteiger partial charge in [0, 0.05) is 28.4 Å². The number of hydrazone groups is 1. The van der Waals surface area contributed by atoms with Crippen LogP contribution in [0.2, 0.25) is 0 Å². The molecule has 0 spiro atoms. The van der Waals surface area contributed by atoms with Gasteiger partial charge in [0.05, 0.1) is 17.1 Å². The summed E-state index contributed by atoms with van der Waals surface area (Å²) >= 11 is 0. The predicted molar refractivity (Wildman–Crippen MR) is 176 cm³/mol. The maximum atomic E-state index is 6.39. The zero-order chi connectivity index (χ0) is 29.0. The molecule has 0 atom stereocenters. The Hall–Kier alpha value is -5.68. The monoisotopic (exact) mass is 558 g/mol. The van der Waals surface area contributed by atoms with Crippen LogP contribution in [0.4, 0.5) is 11.4 Å². The summed E-state index contributed by atoms with van der Waals surface area (Å²) in [5, 5.41) is 7.06. The zero-order valence-electron chi connectivity index (χ0n) is 23.8. The lowest BCUT2D eigenvalue weighted by Gasteiger charge is -2.22. The van der Waals surface area contributed by atoms with Gasteiger partial charge in [-0.3, -0.25) is 0 Å². The van der Waals surface area contributed by atoms with Gasteiger partial charge in [-0.1, -0.05) is 97.1 Å². The quantitative estimate of drug-likeness (QED) is 0.196. The van der Waals surface area contributed by atoms with Crippen molar-refractivity contribution in [2.75, 3.05) is 16.6 Å². The number of rotatable bonds is 7. The molecule has 7 rings (SSSR count). The third-order valence-electron chi connectivity index (χ3n) is 7.37. The fraction of sp³-hybridized carbons (Fsp3) is 0.0526.